The minimum absolute atomic E-state index is 0.224. The van der Waals surface area contributed by atoms with Gasteiger partial charge in [0.05, 0.1) is 18.5 Å². The molecule has 0 saturated heterocycles. The molecule has 2 atom stereocenters. The number of carbonyl (C=O) groups excluding carboxylic acids is 1. The van der Waals surface area contributed by atoms with Gasteiger partial charge in [0.15, 0.2) is 35.8 Å². The number of carbonyl (C=O) groups is 1. The number of furan rings is 1. The quantitative estimate of drug-likeness (QED) is 0.559. The van der Waals surface area contributed by atoms with Crippen LogP contribution < -0.4 is 10.2 Å². The number of aromatic nitrogens is 2. The van der Waals surface area contributed by atoms with Gasteiger partial charge in [0.25, 0.3) is 17.7 Å². The fourth-order valence-electron chi connectivity index (χ4n) is 2.85. The minimum atomic E-state index is -1.63. The number of hydrogen-bond donors (Lipinski definition) is 2. The molecule has 2 aromatic heterocycles. The molecule has 0 bridgehead atoms. The lowest BCUT2D eigenvalue weighted by Gasteiger charge is -2.23. The highest BCUT2D eigenvalue weighted by Gasteiger charge is 2.28. The Balaban J connectivity index is 1.71. The van der Waals surface area contributed by atoms with E-state index < -0.39 is 35.1 Å². The summed E-state index contributed by atoms with van der Waals surface area (Å²) in [4.78, 5) is 13.3. The van der Waals surface area contributed by atoms with Crippen molar-refractivity contribution >= 4 is 11.6 Å². The molecule has 2 heterocycles. The highest BCUT2D eigenvalue weighted by atomic mass is 19.2. The third kappa shape index (κ3) is 4.65. The predicted octanol–water partition coefficient (Wildman–Crippen LogP) is 2.57. The van der Waals surface area contributed by atoms with E-state index in [1.165, 1.54) is 6.26 Å². The maximum absolute atomic E-state index is 13.8. The number of halogens is 3. The first-order valence-corrected chi connectivity index (χ1v) is 9.05. The molecular weight excluding hydrogens is 389 g/mol. The fraction of sp³-hybridized carbons (Fsp3) is 0.316. The second kappa shape index (κ2) is 8.91. The van der Waals surface area contributed by atoms with Gasteiger partial charge in [-0.15, -0.1) is 10.2 Å². The Morgan fingerprint density at radius 2 is 2.00 bits per heavy atom. The van der Waals surface area contributed by atoms with Gasteiger partial charge in [-0.1, -0.05) is 6.92 Å². The van der Waals surface area contributed by atoms with Gasteiger partial charge in [0.2, 0.25) is 0 Å². The molecule has 3 aromatic rings. The molecule has 1 aromatic carbocycles. The van der Waals surface area contributed by atoms with Crippen molar-refractivity contribution in [1.29, 1.82) is 0 Å². The monoisotopic (exact) mass is 409 g/mol. The largest absolute Gasteiger partial charge is 0.459 e. The predicted molar refractivity (Wildman–Crippen MR) is 96.2 cm³/mol. The number of nitrogens with one attached hydrogen (secondary N) is 2. The van der Waals surface area contributed by atoms with Crippen LogP contribution in [0.2, 0.25) is 0 Å². The van der Waals surface area contributed by atoms with E-state index in [0.29, 0.717) is 18.2 Å². The maximum atomic E-state index is 13.8. The summed E-state index contributed by atoms with van der Waals surface area (Å²) in [6.07, 6.45) is 2.24. The average molecular weight is 409 g/mol. The van der Waals surface area contributed by atoms with Crippen LogP contribution in [0, 0.1) is 17.5 Å². The van der Waals surface area contributed by atoms with Crippen molar-refractivity contribution in [3.05, 3.63) is 53.9 Å². The van der Waals surface area contributed by atoms with Crippen LogP contribution in [-0.2, 0) is 11.3 Å². The molecule has 29 heavy (non-hydrogen) atoms. The van der Waals surface area contributed by atoms with Gasteiger partial charge in [-0.25, -0.2) is 13.2 Å². The summed E-state index contributed by atoms with van der Waals surface area (Å²) in [6, 6.07) is 4.45. The van der Waals surface area contributed by atoms with Gasteiger partial charge in [-0.05, 0) is 37.6 Å². The molecular formula is C19H20F3N4O3+. The van der Waals surface area contributed by atoms with Crippen LogP contribution >= 0.6 is 0 Å². The van der Waals surface area contributed by atoms with Crippen LogP contribution in [0.3, 0.4) is 0 Å². The fourth-order valence-corrected chi connectivity index (χ4v) is 2.85. The van der Waals surface area contributed by atoms with Gasteiger partial charge in [0, 0.05) is 0 Å². The van der Waals surface area contributed by atoms with Gasteiger partial charge in [-0.2, -0.15) is 0 Å². The van der Waals surface area contributed by atoms with Gasteiger partial charge in [-0.3, -0.25) is 4.79 Å². The number of anilines is 1. The number of benzene rings is 1. The second-order valence-electron chi connectivity index (χ2n) is 6.50. The zero-order valence-corrected chi connectivity index (χ0v) is 15.8. The lowest BCUT2D eigenvalue weighted by molar-refractivity contribution is -0.928. The van der Waals surface area contributed by atoms with E-state index in [0.717, 1.165) is 23.5 Å². The van der Waals surface area contributed by atoms with Crippen molar-refractivity contribution < 1.29 is 31.7 Å². The minimum Gasteiger partial charge on any atom is -0.459 e. The van der Waals surface area contributed by atoms with Crippen LogP contribution in [0.1, 0.15) is 26.2 Å². The zero-order chi connectivity index (χ0) is 21.0. The molecule has 0 saturated carbocycles. The van der Waals surface area contributed by atoms with Crippen molar-refractivity contribution in [3.63, 3.8) is 0 Å². The highest BCUT2D eigenvalue weighted by molar-refractivity contribution is 5.93. The average Bonchev–Trinajstić information content (AvgIpc) is 3.39. The molecule has 1 amide bonds. The van der Waals surface area contributed by atoms with Crippen LogP contribution in [0.4, 0.5) is 18.9 Å². The number of nitrogens with zero attached hydrogens (tertiary/aromatic N) is 2. The first-order chi connectivity index (χ1) is 13.9. The third-order valence-electron chi connectivity index (χ3n) is 4.45. The molecule has 0 spiro atoms. The molecule has 0 aliphatic carbocycles. The highest BCUT2D eigenvalue weighted by Crippen LogP contribution is 2.20. The molecule has 0 fully saturated rings. The van der Waals surface area contributed by atoms with E-state index >= 15 is 0 Å². The van der Waals surface area contributed by atoms with Crippen LogP contribution in [-0.4, -0.2) is 28.7 Å². The smallest absolute Gasteiger partial charge is 0.283 e. The standard InChI is InChI=1S/C19H19F3N4O3/c1-3-8-26(10-15-24-25-19(29-15)14-5-4-9-28-14)11(2)18(27)23-13-7-6-12(20)16(21)17(13)22/h4-7,9,11H,3,8,10H2,1-2H3,(H,23,27)/p+1/t11-/m0/s1. The SMILES string of the molecule is CCC[NH+](Cc1nnc(-c2ccco2)o1)[C@@H](C)C(=O)Nc1ccc(F)c(F)c1F. The second-order valence-corrected chi connectivity index (χ2v) is 6.50. The van der Waals surface area contributed by atoms with Crippen molar-refractivity contribution in [2.45, 2.75) is 32.9 Å². The number of rotatable bonds is 8. The lowest BCUT2D eigenvalue weighted by Crippen LogP contribution is -3.15. The molecule has 1 unspecified atom stereocenters. The Bertz CT molecular complexity index is 975. The molecule has 3 rings (SSSR count). The van der Waals surface area contributed by atoms with Crippen LogP contribution in [0.25, 0.3) is 11.7 Å². The van der Waals surface area contributed by atoms with Crippen molar-refractivity contribution in [2.24, 2.45) is 0 Å². The Morgan fingerprint density at radius 3 is 2.69 bits per heavy atom. The summed E-state index contributed by atoms with van der Waals surface area (Å²) in [5, 5.41) is 10.2. The van der Waals surface area contributed by atoms with Gasteiger partial charge in [0.1, 0.15) is 0 Å². The summed E-state index contributed by atoms with van der Waals surface area (Å²) in [5.74, 6) is -3.99. The van der Waals surface area contributed by atoms with Gasteiger partial charge >= 0.3 is 0 Å². The molecule has 0 radical (unpaired) electrons. The van der Waals surface area contributed by atoms with E-state index in [2.05, 4.69) is 15.5 Å². The number of quaternary nitrogens is 1. The van der Waals surface area contributed by atoms with Crippen LogP contribution in [0.5, 0.6) is 0 Å². The topological polar surface area (TPSA) is 85.6 Å². The van der Waals surface area contributed by atoms with Crippen molar-refractivity contribution in [2.75, 3.05) is 11.9 Å². The third-order valence-corrected chi connectivity index (χ3v) is 4.45. The summed E-state index contributed by atoms with van der Waals surface area (Å²) >= 11 is 0. The Morgan fingerprint density at radius 1 is 1.21 bits per heavy atom. The summed E-state index contributed by atoms with van der Waals surface area (Å²) < 4.78 is 51.1. The molecule has 154 valence electrons. The van der Waals surface area contributed by atoms with Crippen molar-refractivity contribution in [1.82, 2.24) is 10.2 Å². The molecule has 0 aliphatic rings. The summed E-state index contributed by atoms with van der Waals surface area (Å²) in [7, 11) is 0. The number of amides is 1. The normalized spacial score (nSPS) is 13.3. The van der Waals surface area contributed by atoms with Gasteiger partial charge < -0.3 is 19.1 Å². The zero-order valence-electron chi connectivity index (χ0n) is 15.8. The molecule has 7 nitrogen and oxygen atoms in total. The van der Waals surface area contributed by atoms with E-state index in [1.54, 1.807) is 19.1 Å². The van der Waals surface area contributed by atoms with Crippen molar-refractivity contribution in [3.8, 4) is 11.7 Å². The lowest BCUT2D eigenvalue weighted by atomic mass is 10.2. The Labute approximate surface area is 164 Å². The van der Waals surface area contributed by atoms with E-state index in [4.69, 9.17) is 8.83 Å². The van der Waals surface area contributed by atoms with E-state index in [1.807, 2.05) is 6.92 Å². The molecule has 10 heteroatoms. The molecule has 0 aliphatic heterocycles. The van der Waals surface area contributed by atoms with E-state index in [9.17, 15) is 18.0 Å². The first kappa shape index (κ1) is 20.6. The van der Waals surface area contributed by atoms with Crippen LogP contribution in [0.15, 0.2) is 39.4 Å². The Kier molecular flexibility index (Phi) is 6.32. The molecule has 2 N–H and O–H groups in total. The maximum Gasteiger partial charge on any atom is 0.283 e. The Hall–Kier alpha value is -3.14. The number of hydrogen-bond acceptors (Lipinski definition) is 5. The summed E-state index contributed by atoms with van der Waals surface area (Å²) in [5.41, 5.74) is -0.422. The summed E-state index contributed by atoms with van der Waals surface area (Å²) in [6.45, 7) is 4.42. The van der Waals surface area contributed by atoms with E-state index in [-0.39, 0.29) is 12.4 Å². The first-order valence-electron chi connectivity index (χ1n) is 9.05.